The van der Waals surface area contributed by atoms with E-state index in [0.717, 1.165) is 12.0 Å². The predicted molar refractivity (Wildman–Crippen MR) is 52.1 cm³/mol. The van der Waals surface area contributed by atoms with Gasteiger partial charge in [-0.1, -0.05) is 23.3 Å². The van der Waals surface area contributed by atoms with Crippen LogP contribution in [0.4, 0.5) is 4.39 Å². The third-order valence-corrected chi connectivity index (χ3v) is 2.58. The molecular formula is C12H13F. The SMILES string of the molecule is CC(C)=C1CC1c1cccc(F)c1. The predicted octanol–water partition coefficient (Wildman–Crippen LogP) is 3.65. The molecule has 1 aliphatic rings. The van der Waals surface area contributed by atoms with E-state index in [1.165, 1.54) is 17.2 Å². The van der Waals surface area contributed by atoms with Crippen LogP contribution in [0.2, 0.25) is 0 Å². The normalized spacial score (nSPS) is 20.2. The van der Waals surface area contributed by atoms with Crippen LogP contribution in [0.1, 0.15) is 31.7 Å². The Morgan fingerprint density at radius 2 is 2.15 bits per heavy atom. The summed E-state index contributed by atoms with van der Waals surface area (Å²) in [5.74, 6) is 0.373. The number of hydrogen-bond acceptors (Lipinski definition) is 0. The number of halogens is 1. The van der Waals surface area contributed by atoms with Crippen molar-refractivity contribution < 1.29 is 4.39 Å². The van der Waals surface area contributed by atoms with Gasteiger partial charge in [-0.05, 0) is 38.0 Å². The highest BCUT2D eigenvalue weighted by Crippen LogP contribution is 2.48. The summed E-state index contributed by atoms with van der Waals surface area (Å²) in [4.78, 5) is 0. The van der Waals surface area contributed by atoms with Crippen molar-refractivity contribution in [3.05, 3.63) is 46.8 Å². The zero-order valence-electron chi connectivity index (χ0n) is 7.97. The van der Waals surface area contributed by atoms with Gasteiger partial charge < -0.3 is 0 Å². The molecule has 1 atom stereocenters. The van der Waals surface area contributed by atoms with Crippen LogP contribution in [0.5, 0.6) is 0 Å². The third kappa shape index (κ3) is 1.64. The summed E-state index contributed by atoms with van der Waals surface area (Å²) in [6, 6.07) is 6.92. The highest BCUT2D eigenvalue weighted by Gasteiger charge is 2.31. The molecule has 0 heterocycles. The lowest BCUT2D eigenvalue weighted by Crippen LogP contribution is -1.81. The van der Waals surface area contributed by atoms with Crippen molar-refractivity contribution in [2.24, 2.45) is 0 Å². The second-order valence-electron chi connectivity index (χ2n) is 3.84. The van der Waals surface area contributed by atoms with Crippen LogP contribution in [-0.2, 0) is 0 Å². The Kier molecular flexibility index (Phi) is 1.95. The van der Waals surface area contributed by atoms with Gasteiger partial charge in [0.25, 0.3) is 0 Å². The van der Waals surface area contributed by atoms with Crippen LogP contribution < -0.4 is 0 Å². The van der Waals surface area contributed by atoms with Gasteiger partial charge in [0.1, 0.15) is 5.82 Å². The molecule has 1 aromatic carbocycles. The van der Waals surface area contributed by atoms with Gasteiger partial charge in [-0.2, -0.15) is 0 Å². The molecule has 0 amide bonds. The van der Waals surface area contributed by atoms with Gasteiger partial charge in [0.15, 0.2) is 0 Å². The van der Waals surface area contributed by atoms with E-state index < -0.39 is 0 Å². The number of hydrogen-bond donors (Lipinski definition) is 0. The molecule has 0 radical (unpaired) electrons. The largest absolute Gasteiger partial charge is 0.207 e. The van der Waals surface area contributed by atoms with Crippen LogP contribution in [0.3, 0.4) is 0 Å². The molecule has 0 aliphatic heterocycles. The average molecular weight is 176 g/mol. The molecule has 1 aromatic rings. The first-order valence-corrected chi connectivity index (χ1v) is 4.60. The van der Waals surface area contributed by atoms with E-state index >= 15 is 0 Å². The molecule has 0 nitrogen and oxygen atoms in total. The lowest BCUT2D eigenvalue weighted by atomic mass is 10.1. The maximum absolute atomic E-state index is 12.9. The summed E-state index contributed by atoms with van der Waals surface area (Å²) < 4.78 is 12.9. The highest BCUT2D eigenvalue weighted by atomic mass is 19.1. The summed E-state index contributed by atoms with van der Waals surface area (Å²) in [5.41, 5.74) is 3.98. The Bertz CT molecular complexity index is 359. The third-order valence-electron chi connectivity index (χ3n) is 2.58. The summed E-state index contributed by atoms with van der Waals surface area (Å²) in [5, 5.41) is 0. The molecule has 0 saturated heterocycles. The number of rotatable bonds is 1. The molecular weight excluding hydrogens is 163 g/mol. The van der Waals surface area contributed by atoms with Crippen LogP contribution in [-0.4, -0.2) is 0 Å². The number of allylic oxidation sites excluding steroid dienone is 2. The van der Waals surface area contributed by atoms with Crippen LogP contribution in [0, 0.1) is 5.82 Å². The first kappa shape index (κ1) is 8.49. The van der Waals surface area contributed by atoms with Gasteiger partial charge in [-0.15, -0.1) is 0 Å². The molecule has 1 heteroatoms. The Balaban J connectivity index is 2.26. The minimum atomic E-state index is -0.127. The molecule has 0 bridgehead atoms. The zero-order valence-corrected chi connectivity index (χ0v) is 7.97. The van der Waals surface area contributed by atoms with E-state index in [9.17, 15) is 4.39 Å². The molecule has 1 saturated carbocycles. The van der Waals surface area contributed by atoms with E-state index in [1.54, 1.807) is 12.1 Å². The minimum absolute atomic E-state index is 0.127. The Hall–Kier alpha value is -1.11. The Morgan fingerprint density at radius 3 is 2.69 bits per heavy atom. The molecule has 68 valence electrons. The molecule has 0 aromatic heterocycles. The quantitative estimate of drug-likeness (QED) is 0.573. The van der Waals surface area contributed by atoms with Crippen LogP contribution in [0.15, 0.2) is 35.4 Å². The second-order valence-corrected chi connectivity index (χ2v) is 3.84. The monoisotopic (exact) mass is 176 g/mol. The fourth-order valence-corrected chi connectivity index (χ4v) is 1.76. The van der Waals surface area contributed by atoms with E-state index in [-0.39, 0.29) is 5.82 Å². The summed E-state index contributed by atoms with van der Waals surface area (Å²) >= 11 is 0. The van der Waals surface area contributed by atoms with Gasteiger partial charge in [0.05, 0.1) is 0 Å². The molecule has 0 spiro atoms. The Morgan fingerprint density at radius 1 is 1.38 bits per heavy atom. The minimum Gasteiger partial charge on any atom is -0.207 e. The first-order chi connectivity index (χ1) is 6.18. The lowest BCUT2D eigenvalue weighted by molar-refractivity contribution is 0.625. The van der Waals surface area contributed by atoms with Crippen molar-refractivity contribution >= 4 is 0 Å². The average Bonchev–Trinajstić information content (AvgIpc) is 2.82. The van der Waals surface area contributed by atoms with Gasteiger partial charge in [-0.3, -0.25) is 0 Å². The van der Waals surface area contributed by atoms with Crippen molar-refractivity contribution in [2.45, 2.75) is 26.2 Å². The standard InChI is InChI=1S/C12H13F/c1-8(2)11-7-12(11)9-4-3-5-10(13)6-9/h3-6,12H,7H2,1-2H3. The maximum Gasteiger partial charge on any atom is 0.123 e. The van der Waals surface area contributed by atoms with Gasteiger partial charge >= 0.3 is 0 Å². The van der Waals surface area contributed by atoms with Crippen molar-refractivity contribution in [1.82, 2.24) is 0 Å². The van der Waals surface area contributed by atoms with Crippen molar-refractivity contribution in [2.75, 3.05) is 0 Å². The van der Waals surface area contributed by atoms with Crippen molar-refractivity contribution in [3.63, 3.8) is 0 Å². The fourth-order valence-electron chi connectivity index (χ4n) is 1.76. The summed E-state index contributed by atoms with van der Waals surface area (Å²) in [7, 11) is 0. The summed E-state index contributed by atoms with van der Waals surface area (Å²) in [6.07, 6.45) is 1.12. The molecule has 1 aliphatic carbocycles. The number of benzene rings is 1. The maximum atomic E-state index is 12.9. The molecule has 1 fully saturated rings. The van der Waals surface area contributed by atoms with Crippen LogP contribution >= 0.6 is 0 Å². The Labute approximate surface area is 78.1 Å². The topological polar surface area (TPSA) is 0 Å². The van der Waals surface area contributed by atoms with Crippen molar-refractivity contribution in [3.8, 4) is 0 Å². The second kappa shape index (κ2) is 2.99. The van der Waals surface area contributed by atoms with Gasteiger partial charge in [0, 0.05) is 5.92 Å². The van der Waals surface area contributed by atoms with Gasteiger partial charge in [0.2, 0.25) is 0 Å². The van der Waals surface area contributed by atoms with E-state index in [2.05, 4.69) is 13.8 Å². The molecule has 13 heavy (non-hydrogen) atoms. The smallest absolute Gasteiger partial charge is 0.123 e. The summed E-state index contributed by atoms with van der Waals surface area (Å²) in [6.45, 7) is 4.24. The van der Waals surface area contributed by atoms with Crippen molar-refractivity contribution in [1.29, 1.82) is 0 Å². The van der Waals surface area contributed by atoms with E-state index in [4.69, 9.17) is 0 Å². The molecule has 1 unspecified atom stereocenters. The first-order valence-electron chi connectivity index (χ1n) is 4.60. The lowest BCUT2D eigenvalue weighted by Gasteiger charge is -1.96. The molecule has 0 N–H and O–H groups in total. The highest BCUT2D eigenvalue weighted by molar-refractivity contribution is 5.43. The fraction of sp³-hybridized carbons (Fsp3) is 0.333. The molecule has 2 rings (SSSR count). The zero-order chi connectivity index (χ0) is 9.42. The van der Waals surface area contributed by atoms with E-state index in [1.807, 2.05) is 6.07 Å². The van der Waals surface area contributed by atoms with Crippen LogP contribution in [0.25, 0.3) is 0 Å². The van der Waals surface area contributed by atoms with Gasteiger partial charge in [-0.25, -0.2) is 4.39 Å². The van der Waals surface area contributed by atoms with E-state index in [0.29, 0.717) is 5.92 Å².